The molecule has 130 heavy (non-hydrogen) atoms. The second-order valence-electron chi connectivity index (χ2n) is 29.2. The van der Waals surface area contributed by atoms with Crippen molar-refractivity contribution in [3.05, 3.63) is 403 Å². The van der Waals surface area contributed by atoms with E-state index in [1.165, 1.54) is 208 Å². The van der Waals surface area contributed by atoms with Gasteiger partial charge >= 0.3 is 0 Å². The SMILES string of the molecule is CC.CC.CC.CC.CC.CC.CC.CC.CC.CC.CC.CC.CC.CC.Cc1cc(C)cc(Cc2cc(C)cc(C)c2)c1.Cc1cc(Cc2cc(C)c3ccc4ccccc4c3c2)cc2c1ccc1ccccc12.Cc1cc(Cc2cc(C)c3ccccc3c2)cc2ccccc12.Cc1cc(Cc2cc(C)cc3c2ccc2ccccc23)c2ccc3ccccc3c2c1. The van der Waals surface area contributed by atoms with E-state index in [2.05, 4.69) is 373 Å². The number of rotatable bonds is 8. The highest BCUT2D eigenvalue weighted by Crippen LogP contribution is 2.37. The quantitative estimate of drug-likeness (QED) is 0.133. The number of aryl methyl sites for hydroxylation is 10. The van der Waals surface area contributed by atoms with Crippen molar-refractivity contribution in [3.8, 4) is 0 Å². The smallest absolute Gasteiger partial charge is 0.00133 e. The molecule has 0 N–H and O–H groups in total. The van der Waals surface area contributed by atoms with Gasteiger partial charge in [0.1, 0.15) is 0 Å². The van der Waals surface area contributed by atoms with Gasteiger partial charge in [0.15, 0.2) is 0 Å². The molecule has 0 radical (unpaired) electrons. The zero-order valence-corrected chi connectivity index (χ0v) is 88.7. The molecule has 0 saturated heterocycles. The van der Waals surface area contributed by atoms with Gasteiger partial charge in [-0.2, -0.15) is 0 Å². The van der Waals surface area contributed by atoms with Gasteiger partial charge in [-0.25, -0.2) is 0 Å². The third-order valence-corrected chi connectivity index (χ3v) is 20.9. The van der Waals surface area contributed by atoms with Gasteiger partial charge in [-0.05, 0) is 269 Å². The highest BCUT2D eigenvalue weighted by atomic mass is 14.2. The Balaban J connectivity index is 0.000000805. The Morgan fingerprint density at radius 3 is 0.577 bits per heavy atom. The predicted octanol–water partition coefficient (Wildman–Crippen LogP) is 42.1. The Labute approximate surface area is 794 Å². The van der Waals surface area contributed by atoms with Gasteiger partial charge < -0.3 is 0 Å². The maximum atomic E-state index is 2.40. The Bertz CT molecular complexity index is 5830. The summed E-state index contributed by atoms with van der Waals surface area (Å²) in [6, 6.07) is 112. The Hall–Kier alpha value is -11.4. The average Bonchev–Trinajstić information content (AvgIpc) is 0.757. The molecular weight excluding hydrogens is 1560 g/mol. The first-order valence-electron chi connectivity index (χ1n) is 50.3. The van der Waals surface area contributed by atoms with Crippen LogP contribution in [0.3, 0.4) is 0 Å². The second kappa shape index (κ2) is 65.2. The summed E-state index contributed by atoms with van der Waals surface area (Å²) < 4.78 is 0. The van der Waals surface area contributed by atoms with Gasteiger partial charge in [-0.15, -0.1) is 0 Å². The molecule has 0 aromatic heterocycles. The van der Waals surface area contributed by atoms with Crippen molar-refractivity contribution in [2.75, 3.05) is 0 Å². The molecule has 0 heterocycles. The molecule has 0 aliphatic rings. The molecule has 0 bridgehead atoms. The Morgan fingerprint density at radius 1 is 0.123 bits per heavy atom. The summed E-state index contributed by atoms with van der Waals surface area (Å²) in [6.07, 6.45) is 3.90. The summed E-state index contributed by atoms with van der Waals surface area (Å²) in [5.41, 5.74) is 24.6. The molecule has 0 aliphatic carbocycles. The lowest BCUT2D eigenvalue weighted by atomic mass is 9.90. The van der Waals surface area contributed by atoms with Crippen molar-refractivity contribution < 1.29 is 0 Å². The van der Waals surface area contributed by atoms with Crippen molar-refractivity contribution >= 4 is 108 Å². The fourth-order valence-electron chi connectivity index (χ4n) is 16.6. The van der Waals surface area contributed by atoms with Crippen molar-refractivity contribution in [1.29, 1.82) is 0 Å². The minimum Gasteiger partial charge on any atom is -0.0683 e. The summed E-state index contributed by atoms with van der Waals surface area (Å²) in [5, 5.41) is 26.8. The van der Waals surface area contributed by atoms with E-state index in [1.807, 2.05) is 194 Å². The zero-order valence-electron chi connectivity index (χ0n) is 88.7. The minimum absolute atomic E-state index is 0.938. The van der Waals surface area contributed by atoms with Crippen molar-refractivity contribution in [2.24, 2.45) is 0 Å². The predicted molar refractivity (Wildman–Crippen MR) is 604 cm³/mol. The number of hydrogen-bond acceptors (Lipinski definition) is 0. The van der Waals surface area contributed by atoms with E-state index in [0.717, 1.165) is 25.7 Å². The lowest BCUT2D eigenvalue weighted by Crippen LogP contribution is -1.95. The van der Waals surface area contributed by atoms with Crippen LogP contribution in [0.2, 0.25) is 0 Å². The minimum atomic E-state index is 0.938. The van der Waals surface area contributed by atoms with Gasteiger partial charge in [-0.3, -0.25) is 0 Å². The van der Waals surface area contributed by atoms with E-state index in [4.69, 9.17) is 0 Å². The first-order valence-corrected chi connectivity index (χ1v) is 50.3. The molecule has 18 aromatic carbocycles. The molecule has 0 atom stereocenters. The number of fused-ring (bicyclic) bond motifs is 14. The Kier molecular flexibility index (Phi) is 58.4. The van der Waals surface area contributed by atoms with Crippen LogP contribution in [-0.4, -0.2) is 0 Å². The van der Waals surface area contributed by atoms with E-state index >= 15 is 0 Å². The summed E-state index contributed by atoms with van der Waals surface area (Å²) in [4.78, 5) is 0. The maximum absolute atomic E-state index is 2.40. The molecule has 0 aliphatic heterocycles. The third-order valence-electron chi connectivity index (χ3n) is 20.9. The normalized spacial score (nSPS) is 9.58. The third kappa shape index (κ3) is 32.6. The highest BCUT2D eigenvalue weighted by molar-refractivity contribution is 6.12. The molecule has 18 rings (SSSR count). The molecule has 18 aromatic rings. The molecule has 0 fully saturated rings. The van der Waals surface area contributed by atoms with Crippen LogP contribution in [0.25, 0.3) is 108 Å². The van der Waals surface area contributed by atoms with Gasteiger partial charge in [-0.1, -0.05) is 531 Å². The fourth-order valence-corrected chi connectivity index (χ4v) is 16.6. The fraction of sp³-hybridized carbons (Fsp3) is 0.323. The van der Waals surface area contributed by atoms with Gasteiger partial charge in [0.05, 0.1) is 0 Å². The van der Waals surface area contributed by atoms with Crippen LogP contribution in [0.1, 0.15) is 294 Å². The summed E-state index contributed by atoms with van der Waals surface area (Å²) >= 11 is 0. The van der Waals surface area contributed by atoms with Crippen LogP contribution in [-0.2, 0) is 25.7 Å². The van der Waals surface area contributed by atoms with Crippen molar-refractivity contribution in [1.82, 2.24) is 0 Å². The second-order valence-corrected chi connectivity index (χ2v) is 29.2. The van der Waals surface area contributed by atoms with Crippen LogP contribution >= 0.6 is 0 Å². The maximum Gasteiger partial charge on any atom is -0.00133 e. The van der Waals surface area contributed by atoms with Crippen LogP contribution < -0.4 is 0 Å². The molecule has 0 heteroatoms. The standard InChI is InChI=1S/2C31H24.C23H20.C17H20.14C2H6/c1-20-15-22(18-30-26(20)13-11-24-7-3-5-9-28(24)30)17-23-16-21(2)27-14-12-25-8-4-6-10-29(25)31(27)19-23;1-20-15-24(28-13-11-22-7-3-5-9-26(22)30(28)17-20)19-25-16-21(2)18-31-27-10-6-4-8-23(27)12-14-29(25)31;1-16-11-18(14-20-7-3-5-9-22(16)20)13-19-12-17(2)23-10-6-4-8-21(23)15-19;1-12-5-13(2)8-16(7-12)11-17-9-14(3)6-15(4)10-17;14*1-2/h3-16,18-19H,17H2,1-2H3;3-18H,19H2,1-2H3;3-12,14-15H,13H2,1-2H3;5-10H,11H2,1-4H3;14*1-2H3. The topological polar surface area (TPSA) is 0 Å². The molecule has 0 saturated carbocycles. The molecule has 0 unspecified atom stereocenters. The monoisotopic (exact) mass is 1730 g/mol. The summed E-state index contributed by atoms with van der Waals surface area (Å²) in [6.45, 7) is 78.0. The van der Waals surface area contributed by atoms with Crippen LogP contribution in [0.4, 0.5) is 0 Å². The lowest BCUT2D eigenvalue weighted by Gasteiger charge is -2.14. The van der Waals surface area contributed by atoms with E-state index in [1.54, 1.807) is 0 Å². The van der Waals surface area contributed by atoms with Crippen LogP contribution in [0.5, 0.6) is 0 Å². The first-order chi connectivity index (χ1) is 63.6. The average molecular weight is 1730 g/mol. The van der Waals surface area contributed by atoms with Crippen molar-refractivity contribution in [3.63, 3.8) is 0 Å². The highest BCUT2D eigenvalue weighted by Gasteiger charge is 2.15. The first kappa shape index (κ1) is 117. The molecule has 0 amide bonds. The van der Waals surface area contributed by atoms with E-state index in [0.29, 0.717) is 0 Å². The van der Waals surface area contributed by atoms with Crippen molar-refractivity contribution in [2.45, 2.75) is 289 Å². The van der Waals surface area contributed by atoms with Gasteiger partial charge in [0.2, 0.25) is 0 Å². The largest absolute Gasteiger partial charge is 0.0683 e. The van der Waals surface area contributed by atoms with E-state index < -0.39 is 0 Å². The van der Waals surface area contributed by atoms with Gasteiger partial charge in [0.25, 0.3) is 0 Å². The van der Waals surface area contributed by atoms with E-state index in [-0.39, 0.29) is 0 Å². The van der Waals surface area contributed by atoms with Crippen LogP contribution in [0.15, 0.2) is 303 Å². The van der Waals surface area contributed by atoms with E-state index in [9.17, 15) is 0 Å². The van der Waals surface area contributed by atoms with Crippen LogP contribution in [0, 0.1) is 69.2 Å². The molecule has 0 nitrogen and oxygen atoms in total. The summed E-state index contributed by atoms with van der Waals surface area (Å²) in [7, 11) is 0. The molecule has 0 spiro atoms. The number of benzene rings is 18. The zero-order chi connectivity index (χ0) is 98.1. The summed E-state index contributed by atoms with van der Waals surface area (Å²) in [5.74, 6) is 0. The number of hydrogen-bond donors (Lipinski definition) is 0. The molecule has 692 valence electrons. The Morgan fingerprint density at radius 2 is 0.315 bits per heavy atom. The van der Waals surface area contributed by atoms with Gasteiger partial charge in [0, 0.05) is 0 Å². The lowest BCUT2D eigenvalue weighted by molar-refractivity contribution is 1.15. The molecular formula is C130H172.